The summed E-state index contributed by atoms with van der Waals surface area (Å²) in [6.45, 7) is 9.01. The molecule has 2 heterocycles. The maximum Gasteiger partial charge on any atom is 0.0734 e. The van der Waals surface area contributed by atoms with Crippen LogP contribution >= 0.6 is 0 Å². The van der Waals surface area contributed by atoms with Gasteiger partial charge in [-0.05, 0) is 31.9 Å². The van der Waals surface area contributed by atoms with Crippen LogP contribution in [-0.4, -0.2) is 41.6 Å². The van der Waals surface area contributed by atoms with Crippen molar-refractivity contribution in [3.63, 3.8) is 0 Å². The first-order valence-electron chi connectivity index (χ1n) is 7.44. The average molecular weight is 269 g/mol. The molecular weight excluding hydrogens is 246 g/mol. The van der Waals surface area contributed by atoms with E-state index < -0.39 is 0 Å². The fourth-order valence-electron chi connectivity index (χ4n) is 3.08. The fraction of sp³-hybridized carbons (Fsp3) is 0.471. The third kappa shape index (κ3) is 3.00. The highest BCUT2D eigenvalue weighted by Crippen LogP contribution is 2.17. The number of nitrogens with zero attached hydrogens (tertiary/aromatic N) is 2. The highest BCUT2D eigenvalue weighted by atomic mass is 15.2. The van der Waals surface area contributed by atoms with Crippen LogP contribution in [0.5, 0.6) is 0 Å². The molecule has 0 saturated carbocycles. The monoisotopic (exact) mass is 269 g/mol. The van der Waals surface area contributed by atoms with Gasteiger partial charge in [-0.2, -0.15) is 0 Å². The van der Waals surface area contributed by atoms with Crippen LogP contribution in [0.3, 0.4) is 0 Å². The topological polar surface area (TPSA) is 28.2 Å². The molecule has 2 aromatic rings. The standard InChI is InChI=1S/C17H23N3/c1-17(2)13-20(12-10-19-17)11-8-15-6-3-5-14-7-4-9-18-16(14)15/h3-7,9,19H,8,10-13H2,1-2H3. The van der Waals surface area contributed by atoms with Crippen molar-refractivity contribution in [1.82, 2.24) is 15.2 Å². The summed E-state index contributed by atoms with van der Waals surface area (Å²) in [6, 6.07) is 10.6. The van der Waals surface area contributed by atoms with Crippen molar-refractivity contribution in [2.75, 3.05) is 26.2 Å². The predicted octanol–water partition coefficient (Wildman–Crippen LogP) is 2.46. The van der Waals surface area contributed by atoms with E-state index in [0.717, 1.165) is 38.1 Å². The van der Waals surface area contributed by atoms with E-state index in [4.69, 9.17) is 0 Å². The average Bonchev–Trinajstić information content (AvgIpc) is 2.44. The SMILES string of the molecule is CC1(C)CN(CCc2cccc3cccnc23)CCN1. The second-order valence-electron chi connectivity index (χ2n) is 6.33. The van der Waals surface area contributed by atoms with Gasteiger partial charge >= 0.3 is 0 Å². The van der Waals surface area contributed by atoms with Crippen LogP contribution in [0.2, 0.25) is 0 Å². The summed E-state index contributed by atoms with van der Waals surface area (Å²) in [5, 5.41) is 4.80. The Morgan fingerprint density at radius 1 is 1.25 bits per heavy atom. The summed E-state index contributed by atoms with van der Waals surface area (Å²) in [5.74, 6) is 0. The molecular formula is C17H23N3. The molecule has 3 nitrogen and oxygen atoms in total. The van der Waals surface area contributed by atoms with E-state index in [1.165, 1.54) is 10.9 Å². The van der Waals surface area contributed by atoms with Gasteiger partial charge in [0.25, 0.3) is 0 Å². The molecule has 0 radical (unpaired) electrons. The number of pyridine rings is 1. The molecule has 0 unspecified atom stereocenters. The quantitative estimate of drug-likeness (QED) is 0.928. The largest absolute Gasteiger partial charge is 0.309 e. The zero-order valence-corrected chi connectivity index (χ0v) is 12.4. The zero-order chi connectivity index (χ0) is 14.0. The van der Waals surface area contributed by atoms with Crippen molar-refractivity contribution >= 4 is 10.9 Å². The second-order valence-corrected chi connectivity index (χ2v) is 6.33. The first kappa shape index (κ1) is 13.5. The highest BCUT2D eigenvalue weighted by Gasteiger charge is 2.25. The van der Waals surface area contributed by atoms with Gasteiger partial charge < -0.3 is 5.32 Å². The van der Waals surface area contributed by atoms with Crippen molar-refractivity contribution < 1.29 is 0 Å². The fourth-order valence-corrected chi connectivity index (χ4v) is 3.08. The molecule has 0 amide bonds. The number of piperazine rings is 1. The lowest BCUT2D eigenvalue weighted by atomic mass is 10.0. The minimum absolute atomic E-state index is 0.231. The second kappa shape index (κ2) is 5.51. The van der Waals surface area contributed by atoms with Crippen molar-refractivity contribution in [2.45, 2.75) is 25.8 Å². The Bertz CT molecular complexity index is 586. The molecule has 3 rings (SSSR count). The Hall–Kier alpha value is -1.45. The third-order valence-corrected chi connectivity index (χ3v) is 4.06. The molecule has 1 aliphatic heterocycles. The lowest BCUT2D eigenvalue weighted by molar-refractivity contribution is 0.156. The molecule has 1 aliphatic rings. The van der Waals surface area contributed by atoms with Gasteiger partial charge in [-0.1, -0.05) is 24.3 Å². The minimum atomic E-state index is 0.231. The Morgan fingerprint density at radius 2 is 2.10 bits per heavy atom. The molecule has 20 heavy (non-hydrogen) atoms. The van der Waals surface area contributed by atoms with Gasteiger partial charge in [-0.3, -0.25) is 9.88 Å². The number of hydrogen-bond donors (Lipinski definition) is 1. The smallest absolute Gasteiger partial charge is 0.0734 e. The molecule has 0 bridgehead atoms. The van der Waals surface area contributed by atoms with Gasteiger partial charge in [0, 0.05) is 43.3 Å². The molecule has 3 heteroatoms. The van der Waals surface area contributed by atoms with Gasteiger partial charge in [-0.25, -0.2) is 0 Å². The van der Waals surface area contributed by atoms with E-state index in [9.17, 15) is 0 Å². The zero-order valence-electron chi connectivity index (χ0n) is 12.4. The maximum atomic E-state index is 4.54. The Morgan fingerprint density at radius 3 is 2.95 bits per heavy atom. The van der Waals surface area contributed by atoms with Crippen molar-refractivity contribution in [1.29, 1.82) is 0 Å². The van der Waals surface area contributed by atoms with E-state index in [2.05, 4.69) is 53.3 Å². The number of benzene rings is 1. The van der Waals surface area contributed by atoms with Crippen LogP contribution in [0.1, 0.15) is 19.4 Å². The van der Waals surface area contributed by atoms with Crippen LogP contribution in [-0.2, 0) is 6.42 Å². The molecule has 1 fully saturated rings. The van der Waals surface area contributed by atoms with Crippen LogP contribution < -0.4 is 5.32 Å². The van der Waals surface area contributed by atoms with E-state index in [1.807, 2.05) is 12.3 Å². The van der Waals surface area contributed by atoms with Gasteiger partial charge in [-0.15, -0.1) is 0 Å². The molecule has 1 aromatic carbocycles. The molecule has 1 N–H and O–H groups in total. The van der Waals surface area contributed by atoms with E-state index >= 15 is 0 Å². The molecule has 106 valence electrons. The van der Waals surface area contributed by atoms with E-state index in [0.29, 0.717) is 0 Å². The van der Waals surface area contributed by atoms with Crippen molar-refractivity contribution in [3.8, 4) is 0 Å². The van der Waals surface area contributed by atoms with E-state index in [-0.39, 0.29) is 5.54 Å². The van der Waals surface area contributed by atoms with E-state index in [1.54, 1.807) is 0 Å². The summed E-state index contributed by atoms with van der Waals surface area (Å²) in [4.78, 5) is 7.10. The lowest BCUT2D eigenvalue weighted by Crippen LogP contribution is -2.57. The maximum absolute atomic E-state index is 4.54. The number of aromatic nitrogens is 1. The summed E-state index contributed by atoms with van der Waals surface area (Å²) >= 11 is 0. The lowest BCUT2D eigenvalue weighted by Gasteiger charge is -2.39. The van der Waals surface area contributed by atoms with Gasteiger partial charge in [0.1, 0.15) is 0 Å². The molecule has 0 atom stereocenters. The molecule has 1 saturated heterocycles. The number of rotatable bonds is 3. The van der Waals surface area contributed by atoms with Crippen molar-refractivity contribution in [2.24, 2.45) is 0 Å². The van der Waals surface area contributed by atoms with Gasteiger partial charge in [0.05, 0.1) is 5.52 Å². The Labute approximate surface area is 121 Å². The van der Waals surface area contributed by atoms with Crippen LogP contribution in [0.4, 0.5) is 0 Å². The minimum Gasteiger partial charge on any atom is -0.309 e. The van der Waals surface area contributed by atoms with Crippen LogP contribution in [0.15, 0.2) is 36.5 Å². The Balaban J connectivity index is 1.71. The summed E-state index contributed by atoms with van der Waals surface area (Å²) in [7, 11) is 0. The third-order valence-electron chi connectivity index (χ3n) is 4.06. The van der Waals surface area contributed by atoms with Gasteiger partial charge in [0.15, 0.2) is 0 Å². The summed E-state index contributed by atoms with van der Waals surface area (Å²) in [6.07, 6.45) is 2.96. The first-order chi connectivity index (χ1) is 9.64. The highest BCUT2D eigenvalue weighted by molar-refractivity contribution is 5.81. The first-order valence-corrected chi connectivity index (χ1v) is 7.44. The molecule has 0 spiro atoms. The number of nitrogens with one attached hydrogen (secondary N) is 1. The number of para-hydroxylation sites is 1. The molecule has 1 aromatic heterocycles. The predicted molar refractivity (Wildman–Crippen MR) is 84.0 cm³/mol. The number of fused-ring (bicyclic) bond motifs is 1. The summed E-state index contributed by atoms with van der Waals surface area (Å²) < 4.78 is 0. The van der Waals surface area contributed by atoms with Crippen LogP contribution in [0, 0.1) is 0 Å². The number of hydrogen-bond acceptors (Lipinski definition) is 3. The van der Waals surface area contributed by atoms with Gasteiger partial charge in [0.2, 0.25) is 0 Å². The van der Waals surface area contributed by atoms with Crippen LogP contribution in [0.25, 0.3) is 10.9 Å². The molecule has 0 aliphatic carbocycles. The normalized spacial score (nSPS) is 19.3. The Kier molecular flexibility index (Phi) is 3.72. The van der Waals surface area contributed by atoms with Crippen molar-refractivity contribution in [3.05, 3.63) is 42.1 Å². The summed E-state index contributed by atoms with van der Waals surface area (Å²) in [5.41, 5.74) is 2.75.